The second-order valence-corrected chi connectivity index (χ2v) is 3.52. The summed E-state index contributed by atoms with van der Waals surface area (Å²) in [6.45, 7) is 0. The van der Waals surface area contributed by atoms with E-state index in [0.717, 1.165) is 10.6 Å². The van der Waals surface area contributed by atoms with Gasteiger partial charge in [0.25, 0.3) is 0 Å². The van der Waals surface area contributed by atoms with Gasteiger partial charge in [-0.1, -0.05) is 29.7 Å². The van der Waals surface area contributed by atoms with E-state index in [1.165, 1.54) is 0 Å². The number of terminal acetylenes is 1. The standard InChI is InChI=1S/C11H12ClN/c1-4-11(13(2)3)9-5-7-10(12)8-6-9/h1,5-8,11H,2-3H3. The molecule has 0 amide bonds. The van der Waals surface area contributed by atoms with Crippen molar-refractivity contribution < 1.29 is 0 Å². The van der Waals surface area contributed by atoms with E-state index in [-0.39, 0.29) is 6.04 Å². The van der Waals surface area contributed by atoms with Crippen LogP contribution in [0.3, 0.4) is 0 Å². The molecule has 0 aliphatic carbocycles. The molecule has 0 N–H and O–H groups in total. The molecule has 0 aliphatic rings. The second kappa shape index (κ2) is 4.32. The van der Waals surface area contributed by atoms with Crippen LogP contribution in [-0.4, -0.2) is 19.0 Å². The van der Waals surface area contributed by atoms with Crippen molar-refractivity contribution in [3.63, 3.8) is 0 Å². The topological polar surface area (TPSA) is 3.24 Å². The van der Waals surface area contributed by atoms with Gasteiger partial charge in [-0.2, -0.15) is 0 Å². The lowest BCUT2D eigenvalue weighted by Gasteiger charge is -2.18. The molecule has 2 heteroatoms. The Bertz CT molecular complexity index is 308. The lowest BCUT2D eigenvalue weighted by Crippen LogP contribution is -2.17. The average molecular weight is 194 g/mol. The minimum absolute atomic E-state index is 0.0252. The highest BCUT2D eigenvalue weighted by Crippen LogP contribution is 2.19. The van der Waals surface area contributed by atoms with Crippen molar-refractivity contribution in [2.45, 2.75) is 6.04 Å². The summed E-state index contributed by atoms with van der Waals surface area (Å²) in [6.07, 6.45) is 5.42. The minimum Gasteiger partial charge on any atom is -0.292 e. The summed E-state index contributed by atoms with van der Waals surface area (Å²) in [6, 6.07) is 7.63. The molecule has 0 aromatic heterocycles. The molecule has 0 spiro atoms. The first-order valence-electron chi connectivity index (χ1n) is 4.03. The lowest BCUT2D eigenvalue weighted by molar-refractivity contribution is 0.361. The zero-order chi connectivity index (χ0) is 9.84. The van der Waals surface area contributed by atoms with Gasteiger partial charge in [-0.25, -0.2) is 0 Å². The van der Waals surface area contributed by atoms with Crippen LogP contribution in [0.2, 0.25) is 5.02 Å². The predicted molar refractivity (Wildman–Crippen MR) is 56.7 cm³/mol. The molecule has 1 atom stereocenters. The summed E-state index contributed by atoms with van der Waals surface area (Å²) in [5.41, 5.74) is 1.09. The Morgan fingerprint density at radius 3 is 2.23 bits per heavy atom. The number of hydrogen-bond acceptors (Lipinski definition) is 1. The summed E-state index contributed by atoms with van der Waals surface area (Å²) >= 11 is 5.77. The third-order valence-electron chi connectivity index (χ3n) is 1.86. The molecule has 1 rings (SSSR count). The van der Waals surface area contributed by atoms with Crippen LogP contribution in [0.4, 0.5) is 0 Å². The molecular formula is C11H12ClN. The molecule has 1 aromatic carbocycles. The number of benzene rings is 1. The van der Waals surface area contributed by atoms with E-state index in [1.54, 1.807) is 0 Å². The van der Waals surface area contributed by atoms with Gasteiger partial charge >= 0.3 is 0 Å². The zero-order valence-electron chi connectivity index (χ0n) is 7.79. The summed E-state index contributed by atoms with van der Waals surface area (Å²) in [4.78, 5) is 1.99. The van der Waals surface area contributed by atoms with Crippen molar-refractivity contribution in [3.8, 4) is 12.3 Å². The molecule has 0 heterocycles. The normalized spacial score (nSPS) is 12.5. The van der Waals surface area contributed by atoms with Gasteiger partial charge in [0.1, 0.15) is 0 Å². The van der Waals surface area contributed by atoms with Gasteiger partial charge in [-0.3, -0.25) is 4.90 Å². The summed E-state index contributed by atoms with van der Waals surface area (Å²) in [5, 5.41) is 0.735. The molecule has 0 aliphatic heterocycles. The van der Waals surface area contributed by atoms with Crippen LogP contribution in [0.5, 0.6) is 0 Å². The van der Waals surface area contributed by atoms with E-state index >= 15 is 0 Å². The third kappa shape index (κ3) is 2.48. The number of rotatable bonds is 2. The van der Waals surface area contributed by atoms with Crippen LogP contribution >= 0.6 is 11.6 Å². The molecule has 0 bridgehead atoms. The quantitative estimate of drug-likeness (QED) is 0.653. The summed E-state index contributed by atoms with van der Waals surface area (Å²) < 4.78 is 0. The molecule has 0 saturated carbocycles. The first-order valence-corrected chi connectivity index (χ1v) is 4.41. The van der Waals surface area contributed by atoms with E-state index < -0.39 is 0 Å². The summed E-state index contributed by atoms with van der Waals surface area (Å²) in [5.74, 6) is 2.72. The first-order chi connectivity index (χ1) is 6.15. The third-order valence-corrected chi connectivity index (χ3v) is 2.11. The van der Waals surface area contributed by atoms with Crippen LogP contribution in [0.25, 0.3) is 0 Å². The van der Waals surface area contributed by atoms with E-state index in [2.05, 4.69) is 5.92 Å². The highest BCUT2D eigenvalue weighted by Gasteiger charge is 2.09. The first kappa shape index (κ1) is 10.1. The minimum atomic E-state index is 0.0252. The van der Waals surface area contributed by atoms with Crippen molar-refractivity contribution in [1.29, 1.82) is 0 Å². The molecule has 13 heavy (non-hydrogen) atoms. The van der Waals surface area contributed by atoms with Gasteiger partial charge in [-0.15, -0.1) is 6.42 Å². The molecule has 0 radical (unpaired) electrons. The smallest absolute Gasteiger partial charge is 0.0963 e. The van der Waals surface area contributed by atoms with Crippen molar-refractivity contribution in [3.05, 3.63) is 34.9 Å². The Morgan fingerprint density at radius 2 is 1.85 bits per heavy atom. The fourth-order valence-electron chi connectivity index (χ4n) is 1.19. The Kier molecular flexibility index (Phi) is 3.36. The van der Waals surface area contributed by atoms with Crippen LogP contribution in [0.1, 0.15) is 11.6 Å². The Morgan fingerprint density at radius 1 is 1.31 bits per heavy atom. The van der Waals surface area contributed by atoms with E-state index in [4.69, 9.17) is 18.0 Å². The maximum Gasteiger partial charge on any atom is 0.0963 e. The van der Waals surface area contributed by atoms with E-state index in [9.17, 15) is 0 Å². The maximum absolute atomic E-state index is 5.77. The second-order valence-electron chi connectivity index (χ2n) is 3.08. The fourth-order valence-corrected chi connectivity index (χ4v) is 1.31. The van der Waals surface area contributed by atoms with E-state index in [0.29, 0.717) is 0 Å². The fraction of sp³-hybridized carbons (Fsp3) is 0.273. The van der Waals surface area contributed by atoms with Gasteiger partial charge in [0.05, 0.1) is 6.04 Å². The predicted octanol–water partition coefficient (Wildman–Crippen LogP) is 2.58. The van der Waals surface area contributed by atoms with Crippen LogP contribution in [-0.2, 0) is 0 Å². The molecule has 1 aromatic rings. The molecule has 1 nitrogen and oxygen atoms in total. The zero-order valence-corrected chi connectivity index (χ0v) is 8.55. The number of nitrogens with zero attached hydrogens (tertiary/aromatic N) is 1. The van der Waals surface area contributed by atoms with Crippen molar-refractivity contribution in [2.24, 2.45) is 0 Å². The van der Waals surface area contributed by atoms with Crippen molar-refractivity contribution in [1.82, 2.24) is 4.90 Å². The van der Waals surface area contributed by atoms with Crippen molar-refractivity contribution >= 4 is 11.6 Å². The average Bonchev–Trinajstić information content (AvgIpc) is 2.09. The maximum atomic E-state index is 5.77. The highest BCUT2D eigenvalue weighted by molar-refractivity contribution is 6.30. The molecular weight excluding hydrogens is 182 g/mol. The highest BCUT2D eigenvalue weighted by atomic mass is 35.5. The molecule has 68 valence electrons. The van der Waals surface area contributed by atoms with Crippen LogP contribution in [0, 0.1) is 12.3 Å². The van der Waals surface area contributed by atoms with Gasteiger partial charge in [0.2, 0.25) is 0 Å². The molecule has 1 unspecified atom stereocenters. The largest absolute Gasteiger partial charge is 0.292 e. The van der Waals surface area contributed by atoms with E-state index in [1.807, 2.05) is 43.3 Å². The van der Waals surface area contributed by atoms with Crippen molar-refractivity contribution in [2.75, 3.05) is 14.1 Å². The lowest BCUT2D eigenvalue weighted by atomic mass is 10.1. The Balaban J connectivity index is 2.94. The SMILES string of the molecule is C#CC(c1ccc(Cl)cc1)N(C)C. The van der Waals surface area contributed by atoms with Gasteiger partial charge < -0.3 is 0 Å². The van der Waals surface area contributed by atoms with Crippen LogP contribution < -0.4 is 0 Å². The number of halogens is 1. The molecule has 0 saturated heterocycles. The number of hydrogen-bond donors (Lipinski definition) is 0. The monoisotopic (exact) mass is 193 g/mol. The Labute approximate surface area is 84.3 Å². The summed E-state index contributed by atoms with van der Waals surface area (Å²) in [7, 11) is 3.91. The Hall–Kier alpha value is -0.970. The molecule has 0 fully saturated rings. The van der Waals surface area contributed by atoms with Gasteiger partial charge in [0, 0.05) is 5.02 Å². The van der Waals surface area contributed by atoms with Crippen LogP contribution in [0.15, 0.2) is 24.3 Å². The van der Waals surface area contributed by atoms with Gasteiger partial charge in [0.15, 0.2) is 0 Å². The van der Waals surface area contributed by atoms with Gasteiger partial charge in [-0.05, 0) is 31.8 Å².